The van der Waals surface area contributed by atoms with Gasteiger partial charge in [-0.05, 0) is 36.1 Å². The molecule has 0 spiro atoms. The molecule has 2 N–H and O–H groups in total. The molecule has 0 amide bonds. The van der Waals surface area contributed by atoms with Crippen LogP contribution in [0.25, 0.3) is 0 Å². The van der Waals surface area contributed by atoms with E-state index in [0.29, 0.717) is 28.5 Å². The first-order valence-corrected chi connectivity index (χ1v) is 7.08. The van der Waals surface area contributed by atoms with Gasteiger partial charge >= 0.3 is 0 Å². The molecule has 0 bridgehead atoms. The summed E-state index contributed by atoms with van der Waals surface area (Å²) in [6.45, 7) is 4.35. The normalized spacial score (nSPS) is 10.7. The van der Waals surface area contributed by atoms with E-state index in [1.807, 2.05) is 24.3 Å². The molecular weight excluding hydrogens is 262 g/mol. The average molecular weight is 283 g/mol. The molecule has 110 valence electrons. The summed E-state index contributed by atoms with van der Waals surface area (Å²) < 4.78 is 5.24. The summed E-state index contributed by atoms with van der Waals surface area (Å²) in [6, 6.07) is 12.8. The fourth-order valence-corrected chi connectivity index (χ4v) is 2.32. The third-order valence-electron chi connectivity index (χ3n) is 3.33. The Morgan fingerprint density at radius 3 is 2.38 bits per heavy atom. The van der Waals surface area contributed by atoms with Crippen LogP contribution in [-0.4, -0.2) is 12.9 Å². The Kier molecular flexibility index (Phi) is 4.63. The lowest BCUT2D eigenvalue weighted by atomic mass is 9.98. The number of carbonyl (C=O) groups excluding carboxylic acids is 1. The summed E-state index contributed by atoms with van der Waals surface area (Å²) in [5, 5.41) is 0. The van der Waals surface area contributed by atoms with Gasteiger partial charge < -0.3 is 10.5 Å². The average Bonchev–Trinajstić information content (AvgIpc) is 2.46. The van der Waals surface area contributed by atoms with E-state index in [1.54, 1.807) is 25.3 Å². The number of benzene rings is 2. The lowest BCUT2D eigenvalue weighted by Gasteiger charge is -2.10. The van der Waals surface area contributed by atoms with Crippen molar-refractivity contribution in [1.29, 1.82) is 0 Å². The third kappa shape index (κ3) is 3.63. The van der Waals surface area contributed by atoms with Crippen molar-refractivity contribution in [3.8, 4) is 5.75 Å². The molecule has 0 aliphatic heterocycles. The van der Waals surface area contributed by atoms with Gasteiger partial charge in [-0.1, -0.05) is 38.1 Å². The molecule has 0 unspecified atom stereocenters. The van der Waals surface area contributed by atoms with Crippen molar-refractivity contribution in [2.24, 2.45) is 5.92 Å². The van der Waals surface area contributed by atoms with Crippen LogP contribution in [0.1, 0.15) is 35.3 Å². The molecule has 3 heteroatoms. The van der Waals surface area contributed by atoms with E-state index >= 15 is 0 Å². The van der Waals surface area contributed by atoms with Crippen molar-refractivity contribution in [3.63, 3.8) is 0 Å². The van der Waals surface area contributed by atoms with E-state index in [2.05, 4.69) is 13.8 Å². The Morgan fingerprint density at radius 2 is 1.81 bits per heavy atom. The molecule has 2 aromatic rings. The highest BCUT2D eigenvalue weighted by Crippen LogP contribution is 2.24. The summed E-state index contributed by atoms with van der Waals surface area (Å²) in [4.78, 5) is 12.6. The first-order valence-electron chi connectivity index (χ1n) is 7.08. The minimum atomic E-state index is -0.0738. The zero-order chi connectivity index (χ0) is 15.4. The van der Waals surface area contributed by atoms with Crippen molar-refractivity contribution in [2.75, 3.05) is 12.8 Å². The molecule has 0 aliphatic rings. The lowest BCUT2D eigenvalue weighted by molar-refractivity contribution is 0.103. The summed E-state index contributed by atoms with van der Waals surface area (Å²) in [7, 11) is 1.55. The number of rotatable bonds is 5. The van der Waals surface area contributed by atoms with Gasteiger partial charge in [0.25, 0.3) is 0 Å². The molecule has 21 heavy (non-hydrogen) atoms. The summed E-state index contributed by atoms with van der Waals surface area (Å²) in [5.41, 5.74) is 8.70. The van der Waals surface area contributed by atoms with E-state index in [1.165, 1.54) is 5.56 Å². The van der Waals surface area contributed by atoms with E-state index in [9.17, 15) is 4.79 Å². The standard InChI is InChI=1S/C18H21NO2/c1-12(2)10-13-4-6-14(7-5-13)18(20)16-11-15(19)8-9-17(16)21-3/h4-9,11-12H,10,19H2,1-3H3. The van der Waals surface area contributed by atoms with Gasteiger partial charge in [0.1, 0.15) is 5.75 Å². The Hall–Kier alpha value is -2.29. The number of anilines is 1. The molecule has 3 nitrogen and oxygen atoms in total. The number of carbonyl (C=O) groups is 1. The second-order valence-electron chi connectivity index (χ2n) is 5.58. The number of ketones is 1. The van der Waals surface area contributed by atoms with Gasteiger partial charge in [0, 0.05) is 11.3 Å². The molecule has 0 aliphatic carbocycles. The summed E-state index contributed by atoms with van der Waals surface area (Å²) >= 11 is 0. The van der Waals surface area contributed by atoms with Gasteiger partial charge in [-0.15, -0.1) is 0 Å². The summed E-state index contributed by atoms with van der Waals surface area (Å²) in [5.74, 6) is 1.07. The van der Waals surface area contributed by atoms with Gasteiger partial charge in [0.2, 0.25) is 0 Å². The van der Waals surface area contributed by atoms with Crippen molar-refractivity contribution in [2.45, 2.75) is 20.3 Å². The maximum Gasteiger partial charge on any atom is 0.196 e. The van der Waals surface area contributed by atoms with Crippen molar-refractivity contribution < 1.29 is 9.53 Å². The molecule has 0 atom stereocenters. The summed E-state index contributed by atoms with van der Waals surface area (Å²) in [6.07, 6.45) is 1.01. The second-order valence-corrected chi connectivity index (χ2v) is 5.58. The number of methoxy groups -OCH3 is 1. The maximum atomic E-state index is 12.6. The van der Waals surface area contributed by atoms with Gasteiger partial charge in [-0.25, -0.2) is 0 Å². The molecule has 0 heterocycles. The van der Waals surface area contributed by atoms with E-state index in [0.717, 1.165) is 6.42 Å². The molecule has 2 rings (SSSR count). The number of nitrogen functional groups attached to an aromatic ring is 1. The van der Waals surface area contributed by atoms with Crippen LogP contribution in [0.4, 0.5) is 5.69 Å². The van der Waals surface area contributed by atoms with Gasteiger partial charge in [0.15, 0.2) is 5.78 Å². The van der Waals surface area contributed by atoms with Gasteiger partial charge in [0.05, 0.1) is 12.7 Å². The Morgan fingerprint density at radius 1 is 1.14 bits per heavy atom. The topological polar surface area (TPSA) is 52.3 Å². The van der Waals surface area contributed by atoms with Crippen molar-refractivity contribution in [1.82, 2.24) is 0 Å². The first-order chi connectivity index (χ1) is 10.0. The van der Waals surface area contributed by atoms with Crippen LogP contribution in [-0.2, 0) is 6.42 Å². The van der Waals surface area contributed by atoms with E-state index in [-0.39, 0.29) is 5.78 Å². The minimum Gasteiger partial charge on any atom is -0.496 e. The van der Waals surface area contributed by atoms with Crippen LogP contribution in [0, 0.1) is 5.92 Å². The highest BCUT2D eigenvalue weighted by molar-refractivity contribution is 6.11. The SMILES string of the molecule is COc1ccc(N)cc1C(=O)c1ccc(CC(C)C)cc1. The molecule has 0 radical (unpaired) electrons. The Labute approximate surface area is 125 Å². The minimum absolute atomic E-state index is 0.0738. The fraction of sp³-hybridized carbons (Fsp3) is 0.278. The maximum absolute atomic E-state index is 12.6. The molecule has 0 fully saturated rings. The predicted octanol–water partition coefficient (Wildman–Crippen LogP) is 3.71. The largest absolute Gasteiger partial charge is 0.496 e. The highest BCUT2D eigenvalue weighted by atomic mass is 16.5. The molecule has 0 saturated carbocycles. The smallest absolute Gasteiger partial charge is 0.196 e. The zero-order valence-electron chi connectivity index (χ0n) is 12.7. The second kappa shape index (κ2) is 6.44. The third-order valence-corrected chi connectivity index (χ3v) is 3.33. The quantitative estimate of drug-likeness (QED) is 0.672. The Balaban J connectivity index is 2.30. The molecular formula is C18H21NO2. The molecule has 0 aromatic heterocycles. The monoisotopic (exact) mass is 283 g/mol. The van der Waals surface area contributed by atoms with Crippen LogP contribution >= 0.6 is 0 Å². The van der Waals surface area contributed by atoms with Crippen molar-refractivity contribution in [3.05, 3.63) is 59.2 Å². The van der Waals surface area contributed by atoms with Gasteiger partial charge in [-0.3, -0.25) is 4.79 Å². The van der Waals surface area contributed by atoms with Crippen LogP contribution in [0.3, 0.4) is 0 Å². The van der Waals surface area contributed by atoms with Crippen LogP contribution in [0.2, 0.25) is 0 Å². The van der Waals surface area contributed by atoms with E-state index in [4.69, 9.17) is 10.5 Å². The van der Waals surface area contributed by atoms with E-state index < -0.39 is 0 Å². The van der Waals surface area contributed by atoms with Gasteiger partial charge in [-0.2, -0.15) is 0 Å². The fourth-order valence-electron chi connectivity index (χ4n) is 2.32. The van der Waals surface area contributed by atoms with Crippen LogP contribution in [0.15, 0.2) is 42.5 Å². The molecule has 0 saturated heterocycles. The lowest BCUT2D eigenvalue weighted by Crippen LogP contribution is -2.05. The zero-order valence-corrected chi connectivity index (χ0v) is 12.7. The Bertz CT molecular complexity index is 630. The predicted molar refractivity (Wildman–Crippen MR) is 85.8 cm³/mol. The van der Waals surface area contributed by atoms with Crippen LogP contribution in [0.5, 0.6) is 5.75 Å². The number of hydrogen-bond donors (Lipinski definition) is 1. The molecule has 2 aromatic carbocycles. The van der Waals surface area contributed by atoms with Crippen molar-refractivity contribution >= 4 is 11.5 Å². The number of hydrogen-bond acceptors (Lipinski definition) is 3. The number of nitrogens with two attached hydrogens (primary N) is 1. The van der Waals surface area contributed by atoms with Crippen LogP contribution < -0.4 is 10.5 Å². The first kappa shape index (κ1) is 15.1. The number of ether oxygens (including phenoxy) is 1. The highest BCUT2D eigenvalue weighted by Gasteiger charge is 2.15.